The van der Waals surface area contributed by atoms with Gasteiger partial charge in [0.2, 0.25) is 0 Å². The number of carbonyl (C=O) groups excluding carboxylic acids is 1. The zero-order valence-corrected chi connectivity index (χ0v) is 14.9. The van der Waals surface area contributed by atoms with E-state index in [9.17, 15) is 14.4 Å². The minimum atomic E-state index is -0.424. The molecule has 0 radical (unpaired) electrons. The Morgan fingerprint density at radius 1 is 1.00 bits per heavy atom. The Hall–Kier alpha value is -3.02. The van der Waals surface area contributed by atoms with Crippen molar-refractivity contribution in [2.45, 2.75) is 25.7 Å². The predicted octanol–water partition coefficient (Wildman–Crippen LogP) is 1.85. The SMILES string of the molecule is Cc1ccc([C@@H]2CC(=O)c3cnc4c(c3C2)c(=O)n(C)c(=O)n4C)cc1. The molecule has 3 aromatic rings. The molecular weight excluding hydrogens is 330 g/mol. The summed E-state index contributed by atoms with van der Waals surface area (Å²) in [5, 5.41) is 0.372. The Kier molecular flexibility index (Phi) is 3.64. The van der Waals surface area contributed by atoms with Crippen LogP contribution < -0.4 is 11.2 Å². The molecule has 0 aliphatic heterocycles. The van der Waals surface area contributed by atoms with E-state index in [0.717, 1.165) is 15.7 Å². The van der Waals surface area contributed by atoms with E-state index in [4.69, 9.17) is 0 Å². The van der Waals surface area contributed by atoms with Gasteiger partial charge < -0.3 is 0 Å². The first kappa shape index (κ1) is 16.4. The van der Waals surface area contributed by atoms with Crippen LogP contribution in [0.4, 0.5) is 0 Å². The van der Waals surface area contributed by atoms with Crippen molar-refractivity contribution in [2.75, 3.05) is 0 Å². The Morgan fingerprint density at radius 3 is 2.38 bits per heavy atom. The fourth-order valence-electron chi connectivity index (χ4n) is 3.77. The largest absolute Gasteiger partial charge is 0.332 e. The third kappa shape index (κ3) is 2.33. The van der Waals surface area contributed by atoms with E-state index in [1.807, 2.05) is 31.2 Å². The van der Waals surface area contributed by atoms with Crippen LogP contribution in [0.25, 0.3) is 11.0 Å². The maximum Gasteiger partial charge on any atom is 0.332 e. The van der Waals surface area contributed by atoms with Crippen LogP contribution in [0, 0.1) is 6.92 Å². The Balaban J connectivity index is 1.97. The van der Waals surface area contributed by atoms with Crippen LogP contribution in [-0.2, 0) is 20.5 Å². The average Bonchev–Trinajstić information content (AvgIpc) is 2.64. The highest BCUT2D eigenvalue weighted by molar-refractivity contribution is 6.02. The van der Waals surface area contributed by atoms with E-state index in [1.54, 1.807) is 7.05 Å². The molecule has 0 N–H and O–H groups in total. The van der Waals surface area contributed by atoms with Crippen molar-refractivity contribution in [2.24, 2.45) is 14.1 Å². The summed E-state index contributed by atoms with van der Waals surface area (Å²) in [7, 11) is 3.04. The third-order valence-electron chi connectivity index (χ3n) is 5.31. The number of aromatic nitrogens is 3. The van der Waals surface area contributed by atoms with Gasteiger partial charge in [0.15, 0.2) is 5.78 Å². The average molecular weight is 349 g/mol. The van der Waals surface area contributed by atoms with Gasteiger partial charge in [0.1, 0.15) is 5.65 Å². The normalized spacial score (nSPS) is 16.7. The summed E-state index contributed by atoms with van der Waals surface area (Å²) in [5.74, 6) is 0.00488. The van der Waals surface area contributed by atoms with Crippen LogP contribution >= 0.6 is 0 Å². The van der Waals surface area contributed by atoms with Crippen molar-refractivity contribution in [3.8, 4) is 0 Å². The Morgan fingerprint density at radius 2 is 1.69 bits per heavy atom. The number of hydrogen-bond donors (Lipinski definition) is 0. The molecule has 0 amide bonds. The number of fused-ring (bicyclic) bond motifs is 3. The summed E-state index contributed by atoms with van der Waals surface area (Å²) < 4.78 is 2.43. The number of Topliss-reactive ketones (excluding diaryl/α,β-unsaturated/α-hetero) is 1. The zero-order valence-electron chi connectivity index (χ0n) is 14.9. The van der Waals surface area contributed by atoms with Gasteiger partial charge in [-0.3, -0.25) is 18.7 Å². The van der Waals surface area contributed by atoms with Crippen molar-refractivity contribution < 1.29 is 4.79 Å². The molecule has 6 nitrogen and oxygen atoms in total. The summed E-state index contributed by atoms with van der Waals surface area (Å²) >= 11 is 0. The molecule has 0 spiro atoms. The van der Waals surface area contributed by atoms with E-state index in [1.165, 1.54) is 17.8 Å². The van der Waals surface area contributed by atoms with E-state index in [0.29, 0.717) is 35.0 Å². The lowest BCUT2D eigenvalue weighted by Gasteiger charge is -2.25. The van der Waals surface area contributed by atoms with Crippen LogP contribution in [0.2, 0.25) is 0 Å². The molecule has 1 aliphatic carbocycles. The Labute approximate surface area is 149 Å². The van der Waals surface area contributed by atoms with E-state index >= 15 is 0 Å². The van der Waals surface area contributed by atoms with Gasteiger partial charge in [-0.15, -0.1) is 0 Å². The molecule has 1 aromatic carbocycles. The van der Waals surface area contributed by atoms with Gasteiger partial charge in [0.05, 0.1) is 5.39 Å². The second-order valence-corrected chi connectivity index (χ2v) is 6.99. The molecule has 132 valence electrons. The molecule has 1 atom stereocenters. The van der Waals surface area contributed by atoms with Crippen LogP contribution in [-0.4, -0.2) is 19.9 Å². The van der Waals surface area contributed by atoms with Crippen molar-refractivity contribution >= 4 is 16.8 Å². The monoisotopic (exact) mass is 349 g/mol. The van der Waals surface area contributed by atoms with Crippen LogP contribution in [0.15, 0.2) is 40.1 Å². The molecule has 26 heavy (non-hydrogen) atoms. The van der Waals surface area contributed by atoms with Gasteiger partial charge in [-0.05, 0) is 30.4 Å². The standard InChI is InChI=1S/C20H19N3O3/c1-11-4-6-12(7-5-11)13-8-14-15(16(24)9-13)10-21-18-17(14)19(25)23(3)20(26)22(18)2/h4-7,10,13H,8-9H2,1-3H3/t13-/m0/s1. The summed E-state index contributed by atoms with van der Waals surface area (Å²) in [6.07, 6.45) is 2.48. The number of ketones is 1. The molecule has 2 heterocycles. The highest BCUT2D eigenvalue weighted by Gasteiger charge is 2.30. The molecule has 4 rings (SSSR count). The second kappa shape index (κ2) is 5.76. The van der Waals surface area contributed by atoms with Gasteiger partial charge in [-0.25, -0.2) is 9.78 Å². The highest BCUT2D eigenvalue weighted by Crippen LogP contribution is 2.34. The predicted molar refractivity (Wildman–Crippen MR) is 98.8 cm³/mol. The first-order valence-electron chi connectivity index (χ1n) is 8.56. The van der Waals surface area contributed by atoms with Gasteiger partial charge in [-0.2, -0.15) is 0 Å². The fourth-order valence-corrected chi connectivity index (χ4v) is 3.77. The van der Waals surface area contributed by atoms with Gasteiger partial charge in [0.25, 0.3) is 5.56 Å². The smallest absolute Gasteiger partial charge is 0.294 e. The first-order chi connectivity index (χ1) is 12.4. The number of aryl methyl sites for hydroxylation is 2. The minimum absolute atomic E-state index is 0.0119. The molecule has 0 saturated carbocycles. The number of carbonyl (C=O) groups is 1. The number of hydrogen-bond acceptors (Lipinski definition) is 4. The number of pyridine rings is 1. The van der Waals surface area contributed by atoms with Crippen molar-refractivity contribution in [3.05, 3.63) is 73.6 Å². The topological polar surface area (TPSA) is 74.0 Å². The van der Waals surface area contributed by atoms with Crippen molar-refractivity contribution in [3.63, 3.8) is 0 Å². The van der Waals surface area contributed by atoms with Gasteiger partial charge in [-0.1, -0.05) is 29.8 Å². The minimum Gasteiger partial charge on any atom is -0.294 e. The number of nitrogens with zero attached hydrogens (tertiary/aromatic N) is 3. The quantitative estimate of drug-likeness (QED) is 0.672. The molecule has 6 heteroatoms. The highest BCUT2D eigenvalue weighted by atomic mass is 16.2. The van der Waals surface area contributed by atoms with E-state index in [2.05, 4.69) is 4.98 Å². The van der Waals surface area contributed by atoms with Crippen LogP contribution in [0.1, 0.15) is 39.4 Å². The van der Waals surface area contributed by atoms with Gasteiger partial charge >= 0.3 is 5.69 Å². The van der Waals surface area contributed by atoms with Gasteiger partial charge in [0, 0.05) is 32.3 Å². The molecule has 1 aliphatic rings. The summed E-state index contributed by atoms with van der Waals surface area (Å²) in [6, 6.07) is 8.14. The maximum absolute atomic E-state index is 12.8. The fraction of sp³-hybridized carbons (Fsp3) is 0.300. The lowest BCUT2D eigenvalue weighted by molar-refractivity contribution is 0.0964. The van der Waals surface area contributed by atoms with Crippen LogP contribution in [0.5, 0.6) is 0 Å². The summed E-state index contributed by atoms with van der Waals surface area (Å²) in [5.41, 5.74) is 2.95. The van der Waals surface area contributed by atoms with E-state index in [-0.39, 0.29) is 11.7 Å². The van der Waals surface area contributed by atoms with Crippen molar-refractivity contribution in [1.82, 2.24) is 14.1 Å². The van der Waals surface area contributed by atoms with Crippen LogP contribution in [0.3, 0.4) is 0 Å². The summed E-state index contributed by atoms with van der Waals surface area (Å²) in [4.78, 5) is 41.9. The molecule has 2 aromatic heterocycles. The molecular formula is C20H19N3O3. The zero-order chi connectivity index (χ0) is 18.6. The van der Waals surface area contributed by atoms with Crippen molar-refractivity contribution in [1.29, 1.82) is 0 Å². The third-order valence-corrected chi connectivity index (χ3v) is 5.31. The lowest BCUT2D eigenvalue weighted by Crippen LogP contribution is -2.38. The lowest BCUT2D eigenvalue weighted by atomic mass is 9.79. The molecule has 0 fully saturated rings. The van der Waals surface area contributed by atoms with E-state index < -0.39 is 11.2 Å². The molecule has 0 unspecified atom stereocenters. The molecule has 0 bridgehead atoms. The maximum atomic E-state index is 12.8. The second-order valence-electron chi connectivity index (χ2n) is 6.99. The number of rotatable bonds is 1. The number of benzene rings is 1. The first-order valence-corrected chi connectivity index (χ1v) is 8.56. The Bertz CT molecular complexity index is 1170. The molecule has 0 saturated heterocycles. The summed E-state index contributed by atoms with van der Waals surface area (Å²) in [6.45, 7) is 2.02.